The number of carbonyl (C=O) groups excluding carboxylic acids is 4. The first-order chi connectivity index (χ1) is 19.1. The van der Waals surface area contributed by atoms with Crippen LogP contribution in [0.2, 0.25) is 0 Å². The number of hydrogen-bond acceptors (Lipinski definition) is 9. The van der Waals surface area contributed by atoms with Crippen LogP contribution in [0.1, 0.15) is 75.8 Å². The molecule has 1 fully saturated rings. The van der Waals surface area contributed by atoms with Gasteiger partial charge in [-0.25, -0.2) is 0 Å². The van der Waals surface area contributed by atoms with Gasteiger partial charge in [0, 0.05) is 41.5 Å². The van der Waals surface area contributed by atoms with Gasteiger partial charge in [0.05, 0.1) is 23.8 Å². The maximum atomic E-state index is 13.3. The van der Waals surface area contributed by atoms with Gasteiger partial charge in [-0.2, -0.15) is 13.2 Å². The second-order valence-electron chi connectivity index (χ2n) is 10.6. The normalized spacial score (nSPS) is 29.3. The van der Waals surface area contributed by atoms with Crippen LogP contribution in [-0.2, 0) is 25.5 Å². The van der Waals surface area contributed by atoms with E-state index < -0.39 is 84.3 Å². The van der Waals surface area contributed by atoms with Crippen LogP contribution >= 0.6 is 0 Å². The van der Waals surface area contributed by atoms with Crippen molar-refractivity contribution in [1.29, 1.82) is 0 Å². The molecule has 1 saturated heterocycles. The number of carbonyl (C=O) groups is 4. The summed E-state index contributed by atoms with van der Waals surface area (Å²) in [6, 6.07) is 5.98. The Balaban J connectivity index is 1.53. The number of Topliss-reactive ketones (excluding diaryl/α,β-unsaturated/α-hetero) is 1. The molecule has 2 aromatic carbocycles. The van der Waals surface area contributed by atoms with Crippen molar-refractivity contribution in [3.63, 3.8) is 0 Å². The van der Waals surface area contributed by atoms with Crippen molar-refractivity contribution in [2.24, 2.45) is 0 Å². The zero-order valence-corrected chi connectivity index (χ0v) is 21.8. The number of phenolic OH excluding ortho intramolecular Hbond substituents is 1. The molecule has 2 aromatic rings. The van der Waals surface area contributed by atoms with Crippen molar-refractivity contribution in [1.82, 2.24) is 5.32 Å². The lowest BCUT2D eigenvalue weighted by atomic mass is 9.72. The third-order valence-electron chi connectivity index (χ3n) is 7.92. The molecule has 4 N–H and O–H groups in total. The van der Waals surface area contributed by atoms with E-state index in [2.05, 4.69) is 0 Å². The number of nitrogens with one attached hydrogen (secondary N) is 1. The minimum atomic E-state index is -5.20. The molecule has 1 aliphatic heterocycles. The monoisotopic (exact) mass is 577 g/mol. The largest absolute Gasteiger partial charge is 0.507 e. The summed E-state index contributed by atoms with van der Waals surface area (Å²) in [5.41, 5.74) is -2.09. The van der Waals surface area contributed by atoms with E-state index in [-0.39, 0.29) is 39.8 Å². The standard InChI is InChI=1S/C28H26F3NO9/c1-11-22(34)18(32-26(38)28(29,30)31)8-20(40-11)41-19-10-27(39,12(2)33)9-17-15(19)7-16-21(25(17)37)24(36)14-6-4-3-5-13(14)23(16)35/h3-7,11,18-20,22,34,37,39H,8-10H2,1-2H3,(H,32,38)/t11-,18-,19-,20-,22+,27-/m0/s1. The Morgan fingerprint density at radius 2 is 1.76 bits per heavy atom. The third kappa shape index (κ3) is 4.92. The first-order valence-electron chi connectivity index (χ1n) is 12.8. The topological polar surface area (TPSA) is 159 Å². The number of aliphatic hydroxyl groups is 2. The Morgan fingerprint density at radius 1 is 1.12 bits per heavy atom. The highest BCUT2D eigenvalue weighted by molar-refractivity contribution is 6.29. The summed E-state index contributed by atoms with van der Waals surface area (Å²) in [6.07, 6.45) is -11.6. The molecule has 1 amide bonds. The lowest BCUT2D eigenvalue weighted by Gasteiger charge is -2.42. The highest BCUT2D eigenvalue weighted by Gasteiger charge is 2.48. The van der Waals surface area contributed by atoms with Gasteiger partial charge in [-0.3, -0.25) is 19.2 Å². The molecule has 0 bridgehead atoms. The van der Waals surface area contributed by atoms with Gasteiger partial charge in [0.15, 0.2) is 23.6 Å². The summed E-state index contributed by atoms with van der Waals surface area (Å²) in [5, 5.41) is 34.5. The maximum absolute atomic E-state index is 13.3. The molecule has 0 radical (unpaired) electrons. The van der Waals surface area contributed by atoms with E-state index in [0.29, 0.717) is 0 Å². The van der Waals surface area contributed by atoms with E-state index in [4.69, 9.17) is 9.47 Å². The third-order valence-corrected chi connectivity index (χ3v) is 7.92. The summed E-state index contributed by atoms with van der Waals surface area (Å²) in [6.45, 7) is 2.48. The van der Waals surface area contributed by atoms with Crippen LogP contribution in [0.4, 0.5) is 13.2 Å². The van der Waals surface area contributed by atoms with Gasteiger partial charge >= 0.3 is 12.1 Å². The predicted molar refractivity (Wildman–Crippen MR) is 132 cm³/mol. The Morgan fingerprint density at radius 3 is 2.37 bits per heavy atom. The Labute approximate surface area is 231 Å². The number of phenols is 1. The Kier molecular flexibility index (Phi) is 7.05. The van der Waals surface area contributed by atoms with E-state index in [1.807, 2.05) is 0 Å². The number of amides is 1. The lowest BCUT2D eigenvalue weighted by molar-refractivity contribution is -0.250. The quantitative estimate of drug-likeness (QED) is 0.364. The van der Waals surface area contributed by atoms with E-state index in [0.717, 1.165) is 6.92 Å². The van der Waals surface area contributed by atoms with E-state index >= 15 is 0 Å². The number of hydrogen-bond donors (Lipinski definition) is 4. The number of aliphatic hydroxyl groups excluding tert-OH is 1. The lowest BCUT2D eigenvalue weighted by Crippen LogP contribution is -2.57. The molecule has 13 heteroatoms. The number of fused-ring (bicyclic) bond motifs is 3. The highest BCUT2D eigenvalue weighted by atomic mass is 19.4. The summed E-state index contributed by atoms with van der Waals surface area (Å²) < 4.78 is 50.2. The molecule has 2 aliphatic carbocycles. The van der Waals surface area contributed by atoms with Crippen molar-refractivity contribution in [3.05, 3.63) is 63.7 Å². The van der Waals surface area contributed by atoms with Gasteiger partial charge in [-0.1, -0.05) is 24.3 Å². The Bertz CT molecular complexity index is 1470. The average Bonchev–Trinajstić information content (AvgIpc) is 2.90. The van der Waals surface area contributed by atoms with Crippen LogP contribution < -0.4 is 5.32 Å². The number of rotatable bonds is 4. The fourth-order valence-electron chi connectivity index (χ4n) is 5.66. The molecule has 0 saturated carbocycles. The van der Waals surface area contributed by atoms with E-state index in [1.54, 1.807) is 17.4 Å². The van der Waals surface area contributed by atoms with Gasteiger partial charge in [0.1, 0.15) is 17.5 Å². The summed E-state index contributed by atoms with van der Waals surface area (Å²) >= 11 is 0. The van der Waals surface area contributed by atoms with Gasteiger partial charge in [-0.05, 0) is 25.5 Å². The number of benzene rings is 2. The average molecular weight is 578 g/mol. The zero-order valence-electron chi connectivity index (χ0n) is 21.8. The number of halogens is 3. The fourth-order valence-corrected chi connectivity index (χ4v) is 5.66. The predicted octanol–water partition coefficient (Wildman–Crippen LogP) is 2.03. The SMILES string of the molecule is CC(=O)[C@]1(O)Cc2c(cc3c(c2O)C(=O)c2ccccc2C3=O)[C@@H](O[C@H]2C[C@H](NC(=O)C(F)(F)F)[C@H](O)[C@H](C)O2)C1. The minimum absolute atomic E-state index is 0.0101. The van der Waals surface area contributed by atoms with Crippen LogP contribution in [0.5, 0.6) is 5.75 Å². The first kappa shape index (κ1) is 28.9. The maximum Gasteiger partial charge on any atom is 0.471 e. The molecule has 3 aliphatic rings. The van der Waals surface area contributed by atoms with E-state index in [9.17, 15) is 47.7 Å². The van der Waals surface area contributed by atoms with Crippen molar-refractivity contribution < 1.29 is 57.1 Å². The molecule has 1 heterocycles. The molecule has 0 spiro atoms. The molecule has 0 aromatic heterocycles. The number of ketones is 3. The van der Waals surface area contributed by atoms with Gasteiger partial charge < -0.3 is 30.1 Å². The summed E-state index contributed by atoms with van der Waals surface area (Å²) in [7, 11) is 0. The second-order valence-corrected chi connectivity index (χ2v) is 10.6. The molecule has 0 unspecified atom stereocenters. The molecular weight excluding hydrogens is 551 g/mol. The van der Waals surface area contributed by atoms with Gasteiger partial charge in [-0.15, -0.1) is 0 Å². The number of aromatic hydroxyl groups is 1. The summed E-state index contributed by atoms with van der Waals surface area (Å²) in [4.78, 5) is 50.6. The van der Waals surface area contributed by atoms with Gasteiger partial charge in [0.2, 0.25) is 0 Å². The number of ether oxygens (including phenoxy) is 2. The number of alkyl halides is 3. The van der Waals surface area contributed by atoms with Crippen molar-refractivity contribution in [2.75, 3.05) is 0 Å². The summed E-state index contributed by atoms with van der Waals surface area (Å²) in [5.74, 6) is -4.69. The first-order valence-corrected chi connectivity index (χ1v) is 12.8. The van der Waals surface area contributed by atoms with Crippen LogP contribution in [0.3, 0.4) is 0 Å². The van der Waals surface area contributed by atoms with Crippen LogP contribution in [0.15, 0.2) is 30.3 Å². The minimum Gasteiger partial charge on any atom is -0.507 e. The molecular formula is C28H26F3NO9. The van der Waals surface area contributed by atoms with Gasteiger partial charge in [0.25, 0.3) is 0 Å². The Hall–Kier alpha value is -3.65. The zero-order chi connectivity index (χ0) is 30.0. The van der Waals surface area contributed by atoms with Crippen molar-refractivity contribution >= 4 is 23.3 Å². The van der Waals surface area contributed by atoms with E-state index in [1.165, 1.54) is 25.1 Å². The molecule has 218 valence electrons. The van der Waals surface area contributed by atoms with Crippen molar-refractivity contribution in [2.45, 2.75) is 75.5 Å². The smallest absolute Gasteiger partial charge is 0.471 e. The molecule has 6 atom stereocenters. The van der Waals surface area contributed by atoms with Crippen LogP contribution in [0.25, 0.3) is 0 Å². The fraction of sp³-hybridized carbons (Fsp3) is 0.429. The van der Waals surface area contributed by atoms with Crippen molar-refractivity contribution in [3.8, 4) is 5.75 Å². The molecule has 10 nitrogen and oxygen atoms in total. The second kappa shape index (κ2) is 10.0. The van der Waals surface area contributed by atoms with Crippen LogP contribution in [-0.4, -0.2) is 74.9 Å². The highest BCUT2D eigenvalue weighted by Crippen LogP contribution is 2.47. The molecule has 5 rings (SSSR count). The van der Waals surface area contributed by atoms with Crippen LogP contribution in [0, 0.1) is 0 Å². The molecule has 41 heavy (non-hydrogen) atoms.